The molecule has 0 radical (unpaired) electrons. The number of benzene rings is 2. The van der Waals surface area contributed by atoms with E-state index in [4.69, 9.17) is 0 Å². The Morgan fingerprint density at radius 2 is 1.84 bits per heavy atom. The van der Waals surface area contributed by atoms with Crippen molar-refractivity contribution in [3.05, 3.63) is 70.5 Å². The fourth-order valence-corrected chi connectivity index (χ4v) is 3.62. The summed E-state index contributed by atoms with van der Waals surface area (Å²) in [5, 5.41) is 0. The second kappa shape index (κ2) is 5.99. The van der Waals surface area contributed by atoms with Crippen molar-refractivity contribution in [1.29, 1.82) is 0 Å². The van der Waals surface area contributed by atoms with Gasteiger partial charge in [0.05, 0.1) is 17.6 Å². The van der Waals surface area contributed by atoms with Crippen molar-refractivity contribution in [3.8, 4) is 0 Å². The number of nitrogens with zero attached hydrogens (tertiary/aromatic N) is 3. The van der Waals surface area contributed by atoms with Gasteiger partial charge in [-0.3, -0.25) is 4.79 Å². The SMILES string of the molecule is CCn1c(=O)c(N2CCC(F)(c3ccccc3)C2)nc2ccccc21. The molecular weight excluding hydrogens is 317 g/mol. The molecule has 4 nitrogen and oxygen atoms in total. The first-order chi connectivity index (χ1) is 12.1. The van der Waals surface area contributed by atoms with Crippen LogP contribution in [0.1, 0.15) is 18.9 Å². The van der Waals surface area contributed by atoms with Gasteiger partial charge in [0.2, 0.25) is 0 Å². The van der Waals surface area contributed by atoms with E-state index in [9.17, 15) is 4.79 Å². The van der Waals surface area contributed by atoms with E-state index in [0.717, 1.165) is 11.0 Å². The molecule has 0 saturated carbocycles. The summed E-state index contributed by atoms with van der Waals surface area (Å²) in [6.07, 6.45) is 0.358. The molecule has 1 saturated heterocycles. The van der Waals surface area contributed by atoms with Crippen LogP contribution in [0.15, 0.2) is 59.4 Å². The minimum absolute atomic E-state index is 0.154. The second-order valence-corrected chi connectivity index (χ2v) is 6.48. The highest BCUT2D eigenvalue weighted by Crippen LogP contribution is 2.37. The van der Waals surface area contributed by atoms with E-state index >= 15 is 4.39 Å². The van der Waals surface area contributed by atoms with Gasteiger partial charge in [0.25, 0.3) is 5.56 Å². The lowest BCUT2D eigenvalue weighted by Crippen LogP contribution is -2.34. The van der Waals surface area contributed by atoms with Gasteiger partial charge in [-0.1, -0.05) is 42.5 Å². The summed E-state index contributed by atoms with van der Waals surface area (Å²) in [5.74, 6) is 0.344. The Morgan fingerprint density at radius 3 is 2.60 bits per heavy atom. The van der Waals surface area contributed by atoms with Crippen LogP contribution in [0.5, 0.6) is 0 Å². The van der Waals surface area contributed by atoms with E-state index in [1.54, 1.807) is 9.47 Å². The average Bonchev–Trinajstić information content (AvgIpc) is 3.05. The van der Waals surface area contributed by atoms with Crippen molar-refractivity contribution in [2.75, 3.05) is 18.0 Å². The number of alkyl halides is 1. The van der Waals surface area contributed by atoms with Crippen LogP contribution in [0.3, 0.4) is 0 Å². The first-order valence-corrected chi connectivity index (χ1v) is 8.61. The van der Waals surface area contributed by atoms with Crippen LogP contribution in [0.2, 0.25) is 0 Å². The van der Waals surface area contributed by atoms with Gasteiger partial charge in [0.1, 0.15) is 0 Å². The van der Waals surface area contributed by atoms with Gasteiger partial charge in [-0.05, 0) is 24.6 Å². The Labute approximate surface area is 145 Å². The number of hydrogen-bond donors (Lipinski definition) is 0. The van der Waals surface area contributed by atoms with Gasteiger partial charge < -0.3 is 9.47 Å². The van der Waals surface area contributed by atoms with Gasteiger partial charge in [-0.25, -0.2) is 9.37 Å². The maximum atomic E-state index is 15.4. The Hall–Kier alpha value is -2.69. The number of para-hydroxylation sites is 2. The quantitative estimate of drug-likeness (QED) is 0.734. The average molecular weight is 337 g/mol. The highest BCUT2D eigenvalue weighted by Gasteiger charge is 2.41. The summed E-state index contributed by atoms with van der Waals surface area (Å²) in [4.78, 5) is 19.2. The first kappa shape index (κ1) is 15.8. The first-order valence-electron chi connectivity index (χ1n) is 8.61. The molecular formula is C20H20FN3O. The predicted octanol–water partition coefficient (Wildman–Crippen LogP) is 3.49. The predicted molar refractivity (Wildman–Crippen MR) is 97.7 cm³/mol. The van der Waals surface area contributed by atoms with E-state index in [-0.39, 0.29) is 12.1 Å². The lowest BCUT2D eigenvalue weighted by molar-refractivity contribution is 0.196. The fourth-order valence-electron chi connectivity index (χ4n) is 3.62. The van der Waals surface area contributed by atoms with Crippen LogP contribution in [0.25, 0.3) is 11.0 Å². The van der Waals surface area contributed by atoms with Crippen LogP contribution in [0.4, 0.5) is 10.2 Å². The number of aryl methyl sites for hydroxylation is 1. The lowest BCUT2D eigenvalue weighted by atomic mass is 9.95. The van der Waals surface area contributed by atoms with Crippen molar-refractivity contribution in [2.24, 2.45) is 0 Å². The highest BCUT2D eigenvalue weighted by atomic mass is 19.1. The van der Waals surface area contributed by atoms with Gasteiger partial charge in [0.15, 0.2) is 11.5 Å². The van der Waals surface area contributed by atoms with Crippen LogP contribution < -0.4 is 10.5 Å². The molecule has 2 aromatic carbocycles. The Kier molecular flexibility index (Phi) is 3.79. The smallest absolute Gasteiger partial charge is 0.293 e. The number of rotatable bonds is 3. The molecule has 1 aliphatic rings. The number of fused-ring (bicyclic) bond motifs is 1. The van der Waals surface area contributed by atoms with Crippen LogP contribution in [-0.4, -0.2) is 22.6 Å². The molecule has 25 heavy (non-hydrogen) atoms. The fraction of sp³-hybridized carbons (Fsp3) is 0.300. The normalized spacial score (nSPS) is 20.3. The summed E-state index contributed by atoms with van der Waals surface area (Å²) in [6.45, 7) is 3.13. The van der Waals surface area contributed by atoms with Crippen molar-refractivity contribution in [1.82, 2.24) is 9.55 Å². The zero-order valence-electron chi connectivity index (χ0n) is 14.2. The molecule has 3 aromatic rings. The van der Waals surface area contributed by atoms with Crippen LogP contribution >= 0.6 is 0 Å². The molecule has 1 fully saturated rings. The summed E-state index contributed by atoms with van der Waals surface area (Å²) < 4.78 is 17.1. The minimum Gasteiger partial charge on any atom is -0.348 e. The Bertz CT molecular complexity index is 970. The largest absolute Gasteiger partial charge is 0.348 e. The molecule has 0 N–H and O–H groups in total. The van der Waals surface area contributed by atoms with Crippen LogP contribution in [0, 0.1) is 0 Å². The summed E-state index contributed by atoms with van der Waals surface area (Å²) >= 11 is 0. The highest BCUT2D eigenvalue weighted by molar-refractivity contribution is 5.76. The van der Waals surface area contributed by atoms with E-state index in [0.29, 0.717) is 30.9 Å². The van der Waals surface area contributed by atoms with Gasteiger partial charge >= 0.3 is 0 Å². The molecule has 1 aromatic heterocycles. The molecule has 0 spiro atoms. The Balaban J connectivity index is 1.76. The van der Waals surface area contributed by atoms with E-state index in [1.807, 2.05) is 61.5 Å². The van der Waals surface area contributed by atoms with Gasteiger partial charge in [0, 0.05) is 19.5 Å². The molecule has 0 aliphatic carbocycles. The summed E-state index contributed by atoms with van der Waals surface area (Å²) in [5.41, 5.74) is 0.632. The third kappa shape index (κ3) is 2.60. The Morgan fingerprint density at radius 1 is 1.12 bits per heavy atom. The zero-order valence-corrected chi connectivity index (χ0v) is 14.2. The monoisotopic (exact) mass is 337 g/mol. The summed E-state index contributed by atoms with van der Waals surface area (Å²) in [7, 11) is 0. The number of hydrogen-bond acceptors (Lipinski definition) is 3. The second-order valence-electron chi connectivity index (χ2n) is 6.48. The molecule has 1 atom stereocenters. The van der Waals surface area contributed by atoms with Crippen molar-refractivity contribution in [2.45, 2.75) is 25.6 Å². The zero-order chi connectivity index (χ0) is 17.4. The number of halogens is 1. The van der Waals surface area contributed by atoms with Crippen LogP contribution in [-0.2, 0) is 12.2 Å². The maximum Gasteiger partial charge on any atom is 0.293 e. The lowest BCUT2D eigenvalue weighted by Gasteiger charge is -2.22. The van der Waals surface area contributed by atoms with Gasteiger partial charge in [-0.2, -0.15) is 0 Å². The molecule has 0 amide bonds. The van der Waals surface area contributed by atoms with Crippen molar-refractivity contribution in [3.63, 3.8) is 0 Å². The standard InChI is InChI=1S/C20H20FN3O/c1-2-24-17-11-7-6-10-16(17)22-18(19(24)25)23-13-12-20(21,14-23)15-8-4-3-5-9-15/h3-11H,2,12-14H2,1H3. The van der Waals surface area contributed by atoms with Crippen molar-refractivity contribution >= 4 is 16.9 Å². The minimum atomic E-state index is -1.45. The molecule has 128 valence electrons. The third-order valence-corrected chi connectivity index (χ3v) is 4.96. The van der Waals surface area contributed by atoms with E-state index < -0.39 is 5.67 Å². The van der Waals surface area contributed by atoms with Gasteiger partial charge in [-0.15, -0.1) is 0 Å². The molecule has 1 aliphatic heterocycles. The number of anilines is 1. The molecule has 5 heteroatoms. The molecule has 2 heterocycles. The topological polar surface area (TPSA) is 38.1 Å². The maximum absolute atomic E-state index is 15.4. The molecule has 4 rings (SSSR count). The summed E-state index contributed by atoms with van der Waals surface area (Å²) in [6, 6.07) is 16.8. The third-order valence-electron chi connectivity index (χ3n) is 4.96. The van der Waals surface area contributed by atoms with Crippen molar-refractivity contribution < 1.29 is 4.39 Å². The van der Waals surface area contributed by atoms with E-state index in [1.165, 1.54) is 0 Å². The van der Waals surface area contributed by atoms with E-state index in [2.05, 4.69) is 4.98 Å². The molecule has 0 bridgehead atoms. The molecule has 1 unspecified atom stereocenters. The number of aromatic nitrogens is 2.